The second kappa shape index (κ2) is 8.67. The summed E-state index contributed by atoms with van der Waals surface area (Å²) < 4.78 is 0. The Morgan fingerprint density at radius 3 is 2.00 bits per heavy atom. The number of benzene rings is 2. The lowest BCUT2D eigenvalue weighted by Gasteiger charge is -2.32. The van der Waals surface area contributed by atoms with Crippen LogP contribution in [-0.4, -0.2) is 41.8 Å². The van der Waals surface area contributed by atoms with Crippen LogP contribution in [0, 0.1) is 0 Å². The molecule has 0 aromatic heterocycles. The zero-order valence-corrected chi connectivity index (χ0v) is 14.5. The summed E-state index contributed by atoms with van der Waals surface area (Å²) in [4.78, 5) is 13.2. The molecule has 0 spiro atoms. The molecule has 4 nitrogen and oxygen atoms in total. The number of carbonyl (C=O) groups is 1. The number of carboxylic acid groups (broad SMARTS) is 1. The number of hydrogen-bond acceptors (Lipinski definition) is 2. The Kier molecular flexibility index (Phi) is 6.07. The first-order chi connectivity index (χ1) is 12.2. The Hall–Kier alpha value is -2.33. The van der Waals surface area contributed by atoms with Gasteiger partial charge < -0.3 is 15.3 Å². The fraction of sp³-hybridized carbons (Fsp3) is 0.381. The van der Waals surface area contributed by atoms with Crippen molar-refractivity contribution in [2.45, 2.75) is 31.2 Å². The van der Waals surface area contributed by atoms with Crippen molar-refractivity contribution in [1.29, 1.82) is 0 Å². The van der Waals surface area contributed by atoms with Crippen molar-refractivity contribution in [2.75, 3.05) is 19.6 Å². The zero-order chi connectivity index (χ0) is 17.5. The molecule has 1 heterocycles. The molecule has 0 atom stereocenters. The van der Waals surface area contributed by atoms with E-state index in [1.54, 1.807) is 0 Å². The van der Waals surface area contributed by atoms with Gasteiger partial charge in [-0.15, -0.1) is 0 Å². The van der Waals surface area contributed by atoms with Gasteiger partial charge in [-0.05, 0) is 36.9 Å². The Morgan fingerprint density at radius 1 is 1.00 bits per heavy atom. The van der Waals surface area contributed by atoms with Crippen LogP contribution >= 0.6 is 0 Å². The van der Waals surface area contributed by atoms with Crippen LogP contribution in [0.15, 0.2) is 60.7 Å². The lowest BCUT2D eigenvalue weighted by molar-refractivity contribution is 0.167. The minimum absolute atomic E-state index is 0.104. The van der Waals surface area contributed by atoms with E-state index in [1.165, 1.54) is 11.1 Å². The summed E-state index contributed by atoms with van der Waals surface area (Å²) in [6, 6.07) is 21.5. The Balaban J connectivity index is 1.60. The number of amides is 1. The highest BCUT2D eigenvalue weighted by Crippen LogP contribution is 2.28. The maximum atomic E-state index is 10.8. The molecule has 1 aliphatic rings. The van der Waals surface area contributed by atoms with E-state index in [9.17, 15) is 4.79 Å². The summed E-state index contributed by atoms with van der Waals surface area (Å²) in [6.45, 7) is 2.96. The molecule has 4 heteroatoms. The molecule has 1 amide bonds. The fourth-order valence-corrected chi connectivity index (χ4v) is 3.68. The van der Waals surface area contributed by atoms with Gasteiger partial charge in [-0.25, -0.2) is 4.79 Å². The quantitative estimate of drug-likeness (QED) is 0.839. The van der Waals surface area contributed by atoms with E-state index in [2.05, 4.69) is 70.9 Å². The highest BCUT2D eigenvalue weighted by molar-refractivity contribution is 5.64. The zero-order valence-electron chi connectivity index (χ0n) is 14.5. The van der Waals surface area contributed by atoms with E-state index in [0.29, 0.717) is 5.92 Å². The molecule has 25 heavy (non-hydrogen) atoms. The molecule has 132 valence electrons. The van der Waals surface area contributed by atoms with Gasteiger partial charge in [0.25, 0.3) is 0 Å². The second-order valence-corrected chi connectivity index (χ2v) is 6.73. The van der Waals surface area contributed by atoms with Crippen molar-refractivity contribution in [2.24, 2.45) is 0 Å². The van der Waals surface area contributed by atoms with Crippen LogP contribution in [0.25, 0.3) is 0 Å². The number of hydrogen-bond donors (Lipinski definition) is 2. The van der Waals surface area contributed by atoms with Crippen molar-refractivity contribution in [1.82, 2.24) is 10.2 Å². The van der Waals surface area contributed by atoms with Crippen LogP contribution < -0.4 is 5.32 Å². The van der Waals surface area contributed by atoms with Gasteiger partial charge >= 0.3 is 6.09 Å². The van der Waals surface area contributed by atoms with Crippen molar-refractivity contribution in [3.8, 4) is 0 Å². The Bertz CT molecular complexity index is 613. The van der Waals surface area contributed by atoms with Gasteiger partial charge in [0, 0.05) is 25.0 Å². The molecule has 2 aromatic rings. The number of likely N-dealkylation sites (tertiary alicyclic amines) is 1. The normalized spacial score (nSPS) is 16.0. The number of nitrogens with one attached hydrogen (secondary N) is 1. The Morgan fingerprint density at radius 2 is 1.52 bits per heavy atom. The summed E-state index contributed by atoms with van der Waals surface area (Å²) in [5, 5.41) is 11.4. The van der Waals surface area contributed by atoms with Crippen molar-refractivity contribution in [3.05, 3.63) is 71.8 Å². The molecule has 0 aliphatic carbocycles. The number of rotatable bonds is 6. The first-order valence-electron chi connectivity index (χ1n) is 9.04. The summed E-state index contributed by atoms with van der Waals surface area (Å²) in [5.74, 6) is 0.400. The summed E-state index contributed by atoms with van der Waals surface area (Å²) >= 11 is 0. The minimum atomic E-state index is -0.910. The summed E-state index contributed by atoms with van der Waals surface area (Å²) in [5.41, 5.74) is 2.72. The molecule has 0 saturated carbocycles. The molecular formula is C21H26N2O2. The molecule has 2 aromatic carbocycles. The van der Waals surface area contributed by atoms with Crippen LogP contribution in [0.2, 0.25) is 0 Å². The lowest BCUT2D eigenvalue weighted by atomic mass is 9.88. The predicted molar refractivity (Wildman–Crippen MR) is 100.0 cm³/mol. The average molecular weight is 338 g/mol. The monoisotopic (exact) mass is 338 g/mol. The van der Waals surface area contributed by atoms with Crippen molar-refractivity contribution < 1.29 is 9.90 Å². The van der Waals surface area contributed by atoms with E-state index in [1.807, 2.05) is 0 Å². The second-order valence-electron chi connectivity index (χ2n) is 6.73. The van der Waals surface area contributed by atoms with Gasteiger partial charge in [-0.1, -0.05) is 60.7 Å². The van der Waals surface area contributed by atoms with Gasteiger partial charge in [0.2, 0.25) is 0 Å². The van der Waals surface area contributed by atoms with E-state index < -0.39 is 6.09 Å². The number of nitrogens with zero attached hydrogens (tertiary/aromatic N) is 1. The smallest absolute Gasteiger partial charge is 0.404 e. The third-order valence-corrected chi connectivity index (χ3v) is 5.05. The predicted octanol–water partition coefficient (Wildman–Crippen LogP) is 3.94. The Labute approximate surface area is 149 Å². The maximum Gasteiger partial charge on any atom is 0.404 e. The van der Waals surface area contributed by atoms with Crippen LogP contribution in [0.1, 0.15) is 36.3 Å². The third kappa shape index (κ3) is 5.07. The summed E-state index contributed by atoms with van der Waals surface area (Å²) in [6.07, 6.45) is 1.96. The van der Waals surface area contributed by atoms with Gasteiger partial charge in [0.15, 0.2) is 0 Å². The van der Waals surface area contributed by atoms with Crippen molar-refractivity contribution >= 4 is 6.09 Å². The third-order valence-electron chi connectivity index (χ3n) is 5.05. The molecule has 0 bridgehead atoms. The van der Waals surface area contributed by atoms with Crippen LogP contribution in [0.5, 0.6) is 0 Å². The first-order valence-corrected chi connectivity index (χ1v) is 9.04. The van der Waals surface area contributed by atoms with Crippen molar-refractivity contribution in [3.63, 3.8) is 0 Å². The van der Waals surface area contributed by atoms with Gasteiger partial charge in [0.05, 0.1) is 0 Å². The average Bonchev–Trinajstić information content (AvgIpc) is 2.65. The molecule has 0 radical (unpaired) electrons. The topological polar surface area (TPSA) is 52.6 Å². The van der Waals surface area contributed by atoms with Gasteiger partial charge in [-0.2, -0.15) is 0 Å². The molecule has 3 rings (SSSR count). The molecule has 2 N–H and O–H groups in total. The molecule has 0 unspecified atom stereocenters. The van der Waals surface area contributed by atoms with Crippen LogP contribution in [0.3, 0.4) is 0 Å². The molecule has 1 fully saturated rings. The first kappa shape index (κ1) is 17.5. The SMILES string of the molecule is O=C(O)NC1CCN(CCC(c2ccccc2)c2ccccc2)CC1. The number of piperidine rings is 1. The lowest BCUT2D eigenvalue weighted by Crippen LogP contribution is -2.44. The largest absolute Gasteiger partial charge is 0.465 e. The van der Waals surface area contributed by atoms with E-state index in [-0.39, 0.29) is 6.04 Å². The molecule has 1 aliphatic heterocycles. The van der Waals surface area contributed by atoms with E-state index >= 15 is 0 Å². The highest BCUT2D eigenvalue weighted by atomic mass is 16.4. The summed E-state index contributed by atoms with van der Waals surface area (Å²) in [7, 11) is 0. The van der Waals surface area contributed by atoms with E-state index in [4.69, 9.17) is 5.11 Å². The van der Waals surface area contributed by atoms with Gasteiger partial charge in [-0.3, -0.25) is 0 Å². The van der Waals surface area contributed by atoms with Crippen LogP contribution in [0.4, 0.5) is 4.79 Å². The maximum absolute atomic E-state index is 10.8. The van der Waals surface area contributed by atoms with E-state index in [0.717, 1.165) is 38.9 Å². The highest BCUT2D eigenvalue weighted by Gasteiger charge is 2.22. The molecular weight excluding hydrogens is 312 g/mol. The standard InChI is InChI=1S/C21H26N2O2/c24-21(25)22-19-11-14-23(15-12-19)16-13-20(17-7-3-1-4-8-17)18-9-5-2-6-10-18/h1-10,19-20,22H,11-16H2,(H,24,25). The van der Waals surface area contributed by atoms with Crippen LogP contribution in [-0.2, 0) is 0 Å². The minimum Gasteiger partial charge on any atom is -0.465 e. The van der Waals surface area contributed by atoms with Gasteiger partial charge in [0.1, 0.15) is 0 Å². The fourth-order valence-electron chi connectivity index (χ4n) is 3.68. The molecule has 1 saturated heterocycles.